The lowest BCUT2D eigenvalue weighted by molar-refractivity contribution is -0.126. The van der Waals surface area contributed by atoms with Gasteiger partial charge in [-0.15, -0.1) is 0 Å². The van der Waals surface area contributed by atoms with Crippen LogP contribution in [0.4, 0.5) is 0 Å². The molecule has 0 bridgehead atoms. The van der Waals surface area contributed by atoms with Crippen LogP contribution in [-0.4, -0.2) is 28.7 Å². The lowest BCUT2D eigenvalue weighted by atomic mass is 9.99. The Bertz CT molecular complexity index is 214. The van der Waals surface area contributed by atoms with Crippen molar-refractivity contribution in [2.24, 2.45) is 0 Å². The minimum atomic E-state index is -0.403. The molecule has 0 aliphatic heterocycles. The molecule has 3 nitrogen and oxygen atoms in total. The summed E-state index contributed by atoms with van der Waals surface area (Å²) < 4.78 is -0.252. The number of carbonyl (C=O) groups excluding carboxylic acids is 2. The van der Waals surface area contributed by atoms with Gasteiger partial charge in [0.05, 0.1) is 0 Å². The minimum absolute atomic E-state index is 0.00505. The minimum Gasteiger partial charge on any atom is -0.345 e. The van der Waals surface area contributed by atoms with E-state index in [0.717, 1.165) is 0 Å². The molecule has 0 radical (unpaired) electrons. The van der Waals surface area contributed by atoms with Crippen LogP contribution in [0.15, 0.2) is 0 Å². The molecule has 1 atom stereocenters. The predicted octanol–water partition coefficient (Wildman–Crippen LogP) is 1.22. The third-order valence-electron chi connectivity index (χ3n) is 1.98. The van der Waals surface area contributed by atoms with Gasteiger partial charge >= 0.3 is 0 Å². The SMILES string of the molecule is CSC(C)(C)C(NC(C)=O)C(C)=O. The molecule has 0 aromatic heterocycles. The molecule has 76 valence electrons. The van der Waals surface area contributed by atoms with Crippen LogP contribution in [-0.2, 0) is 9.59 Å². The Balaban J connectivity index is 4.60. The monoisotopic (exact) mass is 203 g/mol. The van der Waals surface area contributed by atoms with Crippen molar-refractivity contribution in [3.05, 3.63) is 0 Å². The van der Waals surface area contributed by atoms with Crippen molar-refractivity contribution in [3.8, 4) is 0 Å². The number of hydrogen-bond donors (Lipinski definition) is 1. The molecule has 0 rings (SSSR count). The maximum absolute atomic E-state index is 11.3. The zero-order valence-corrected chi connectivity index (χ0v) is 9.62. The fourth-order valence-corrected chi connectivity index (χ4v) is 1.55. The highest BCUT2D eigenvalue weighted by atomic mass is 32.2. The standard InChI is InChI=1S/C9H17NO2S/c1-6(11)8(10-7(2)12)9(3,4)13-5/h8H,1-5H3,(H,10,12). The van der Waals surface area contributed by atoms with Crippen LogP contribution >= 0.6 is 11.8 Å². The smallest absolute Gasteiger partial charge is 0.217 e. The van der Waals surface area contributed by atoms with E-state index in [9.17, 15) is 9.59 Å². The van der Waals surface area contributed by atoms with Crippen molar-refractivity contribution in [1.82, 2.24) is 5.32 Å². The number of rotatable bonds is 4. The van der Waals surface area contributed by atoms with Gasteiger partial charge in [0.25, 0.3) is 0 Å². The first-order valence-electron chi connectivity index (χ1n) is 4.14. The Morgan fingerprint density at radius 3 is 2.00 bits per heavy atom. The Morgan fingerprint density at radius 2 is 1.77 bits per heavy atom. The van der Waals surface area contributed by atoms with E-state index in [-0.39, 0.29) is 16.4 Å². The normalized spacial score (nSPS) is 13.6. The van der Waals surface area contributed by atoms with Gasteiger partial charge in [-0.05, 0) is 27.0 Å². The summed E-state index contributed by atoms with van der Waals surface area (Å²) in [6.07, 6.45) is 1.93. The van der Waals surface area contributed by atoms with Gasteiger partial charge in [-0.25, -0.2) is 0 Å². The fraction of sp³-hybridized carbons (Fsp3) is 0.778. The second kappa shape index (κ2) is 4.65. The second-order valence-electron chi connectivity index (χ2n) is 3.55. The Morgan fingerprint density at radius 1 is 1.31 bits per heavy atom. The molecule has 0 saturated heterocycles. The van der Waals surface area contributed by atoms with E-state index in [1.807, 2.05) is 20.1 Å². The largest absolute Gasteiger partial charge is 0.345 e. The lowest BCUT2D eigenvalue weighted by Crippen LogP contribution is -2.51. The van der Waals surface area contributed by atoms with Gasteiger partial charge in [-0.2, -0.15) is 11.8 Å². The third kappa shape index (κ3) is 3.81. The number of nitrogens with one attached hydrogen (secondary N) is 1. The summed E-state index contributed by atoms with van der Waals surface area (Å²) in [5.74, 6) is -0.170. The second-order valence-corrected chi connectivity index (χ2v) is 5.01. The van der Waals surface area contributed by atoms with Crippen LogP contribution in [0.3, 0.4) is 0 Å². The molecule has 0 heterocycles. The Hall–Kier alpha value is -0.510. The van der Waals surface area contributed by atoms with Crippen molar-refractivity contribution in [3.63, 3.8) is 0 Å². The molecule has 0 aromatic rings. The molecule has 0 spiro atoms. The van der Waals surface area contributed by atoms with Gasteiger partial charge in [0.1, 0.15) is 6.04 Å². The van der Waals surface area contributed by atoms with Crippen LogP contribution in [0, 0.1) is 0 Å². The van der Waals surface area contributed by atoms with E-state index < -0.39 is 6.04 Å². The summed E-state index contributed by atoms with van der Waals surface area (Å²) in [5.41, 5.74) is 0. The third-order valence-corrected chi connectivity index (χ3v) is 3.26. The Kier molecular flexibility index (Phi) is 4.47. The molecule has 1 amide bonds. The fourth-order valence-electron chi connectivity index (χ4n) is 1.09. The van der Waals surface area contributed by atoms with Gasteiger partial charge in [-0.1, -0.05) is 0 Å². The summed E-state index contributed by atoms with van der Waals surface area (Å²) >= 11 is 1.57. The number of carbonyl (C=O) groups is 2. The average Bonchev–Trinajstić information content (AvgIpc) is 1.99. The number of amides is 1. The van der Waals surface area contributed by atoms with E-state index >= 15 is 0 Å². The molecule has 0 fully saturated rings. The highest BCUT2D eigenvalue weighted by molar-refractivity contribution is 8.00. The average molecular weight is 203 g/mol. The van der Waals surface area contributed by atoms with Gasteiger partial charge < -0.3 is 5.32 Å². The highest BCUT2D eigenvalue weighted by Crippen LogP contribution is 2.25. The van der Waals surface area contributed by atoms with Crippen LogP contribution < -0.4 is 5.32 Å². The van der Waals surface area contributed by atoms with Crippen LogP contribution in [0.25, 0.3) is 0 Å². The topological polar surface area (TPSA) is 46.2 Å². The van der Waals surface area contributed by atoms with Crippen molar-refractivity contribution >= 4 is 23.5 Å². The first-order valence-corrected chi connectivity index (χ1v) is 5.36. The molecule has 4 heteroatoms. The Labute approximate surface area is 83.7 Å². The van der Waals surface area contributed by atoms with Crippen molar-refractivity contribution in [2.45, 2.75) is 38.5 Å². The molecule has 0 aliphatic rings. The first-order chi connectivity index (χ1) is 5.81. The highest BCUT2D eigenvalue weighted by Gasteiger charge is 2.32. The summed E-state index contributed by atoms with van der Waals surface area (Å²) in [7, 11) is 0. The summed E-state index contributed by atoms with van der Waals surface area (Å²) in [5, 5.41) is 2.66. The predicted molar refractivity (Wildman–Crippen MR) is 55.9 cm³/mol. The van der Waals surface area contributed by atoms with Gasteiger partial charge in [0.15, 0.2) is 5.78 Å². The van der Waals surface area contributed by atoms with Gasteiger partial charge in [0.2, 0.25) is 5.91 Å². The van der Waals surface area contributed by atoms with E-state index in [1.165, 1.54) is 13.8 Å². The maximum atomic E-state index is 11.3. The summed E-state index contributed by atoms with van der Waals surface area (Å²) in [6, 6.07) is -0.403. The zero-order valence-electron chi connectivity index (χ0n) is 8.80. The summed E-state index contributed by atoms with van der Waals surface area (Å²) in [6.45, 7) is 6.81. The molecule has 0 saturated carbocycles. The molecule has 13 heavy (non-hydrogen) atoms. The van der Waals surface area contributed by atoms with Crippen LogP contribution in [0.1, 0.15) is 27.7 Å². The molecular weight excluding hydrogens is 186 g/mol. The maximum Gasteiger partial charge on any atom is 0.217 e. The summed E-state index contributed by atoms with van der Waals surface area (Å²) in [4.78, 5) is 22.1. The quantitative estimate of drug-likeness (QED) is 0.747. The number of Topliss-reactive ketones (excluding diaryl/α,β-unsaturated/α-hetero) is 1. The van der Waals surface area contributed by atoms with Crippen LogP contribution in [0.5, 0.6) is 0 Å². The first kappa shape index (κ1) is 12.5. The van der Waals surface area contributed by atoms with E-state index in [0.29, 0.717) is 0 Å². The molecule has 1 unspecified atom stereocenters. The van der Waals surface area contributed by atoms with Crippen molar-refractivity contribution in [2.75, 3.05) is 6.26 Å². The molecule has 0 aromatic carbocycles. The molecule has 1 N–H and O–H groups in total. The van der Waals surface area contributed by atoms with Gasteiger partial charge in [0, 0.05) is 11.7 Å². The van der Waals surface area contributed by atoms with Crippen molar-refractivity contribution in [1.29, 1.82) is 0 Å². The van der Waals surface area contributed by atoms with Gasteiger partial charge in [-0.3, -0.25) is 9.59 Å². The lowest BCUT2D eigenvalue weighted by Gasteiger charge is -2.31. The van der Waals surface area contributed by atoms with Crippen LogP contribution in [0.2, 0.25) is 0 Å². The van der Waals surface area contributed by atoms with E-state index in [1.54, 1.807) is 11.8 Å². The van der Waals surface area contributed by atoms with Crippen molar-refractivity contribution < 1.29 is 9.59 Å². The zero-order chi connectivity index (χ0) is 10.6. The molecule has 0 aliphatic carbocycles. The molecular formula is C9H17NO2S. The number of ketones is 1. The van der Waals surface area contributed by atoms with E-state index in [4.69, 9.17) is 0 Å². The number of hydrogen-bond acceptors (Lipinski definition) is 3. The number of thioether (sulfide) groups is 1. The van der Waals surface area contributed by atoms with E-state index in [2.05, 4.69) is 5.32 Å².